The number of aromatic nitrogens is 1. The van der Waals surface area contributed by atoms with Crippen molar-refractivity contribution in [1.29, 1.82) is 0 Å². The minimum absolute atomic E-state index is 0.0960. The zero-order valence-electron chi connectivity index (χ0n) is 26.4. The van der Waals surface area contributed by atoms with Gasteiger partial charge in [-0.05, 0) is 87.3 Å². The Balaban J connectivity index is 1.33. The van der Waals surface area contributed by atoms with E-state index in [9.17, 15) is 24.3 Å². The van der Waals surface area contributed by atoms with Crippen molar-refractivity contribution in [2.75, 3.05) is 12.4 Å². The van der Waals surface area contributed by atoms with Crippen LogP contribution < -0.4 is 16.2 Å². The number of nitrogens with zero attached hydrogens (tertiary/aromatic N) is 1. The Bertz CT molecular complexity index is 1670. The van der Waals surface area contributed by atoms with E-state index in [-0.39, 0.29) is 35.3 Å². The van der Waals surface area contributed by atoms with Gasteiger partial charge in [0.1, 0.15) is 17.3 Å². The van der Waals surface area contributed by atoms with Crippen molar-refractivity contribution in [2.45, 2.75) is 83.9 Å². The van der Waals surface area contributed by atoms with E-state index in [2.05, 4.69) is 29.2 Å². The molecule has 2 bridgehead atoms. The van der Waals surface area contributed by atoms with Crippen LogP contribution in [0.1, 0.15) is 74.9 Å². The number of allylic oxidation sites excluding steroid dienone is 1. The average Bonchev–Trinajstić information content (AvgIpc) is 3.31. The number of furan rings is 1. The number of fused-ring (bicyclic) bond motifs is 3. The van der Waals surface area contributed by atoms with Crippen molar-refractivity contribution in [3.8, 4) is 0 Å². The van der Waals surface area contributed by atoms with Crippen LogP contribution in [0.25, 0.3) is 11.0 Å². The van der Waals surface area contributed by atoms with Gasteiger partial charge in [-0.1, -0.05) is 38.1 Å². The van der Waals surface area contributed by atoms with Gasteiger partial charge in [-0.3, -0.25) is 14.4 Å². The molecule has 5 unspecified atom stereocenters. The second-order valence-electron chi connectivity index (χ2n) is 13.5. The molecule has 2 aromatic heterocycles. The molecule has 1 aromatic carbocycles. The lowest BCUT2D eigenvalue weighted by Gasteiger charge is -2.52. The highest BCUT2D eigenvalue weighted by Gasteiger charge is 2.49. The summed E-state index contributed by atoms with van der Waals surface area (Å²) < 4.78 is 12.0. The maximum Gasteiger partial charge on any atom is 0.330 e. The standard InChI is InChI=1S/C35H43N3O7/c1-22-16-24-18-34(3,20-35(43,17-22)19-24)21-38-15-9-12-27(33(38)42)37-31(40)26(11-6-8-14-29(39)44-4)36-32(41)30-23(2)25-10-5-7-13-28(25)45-30/h5,7-10,12-15,22,24,26,43H,6,11,16-21H2,1-4H3,(H,36,41)(H,37,40)/b14-8+. The third kappa shape index (κ3) is 7.39. The molecule has 0 spiro atoms. The van der Waals surface area contributed by atoms with Crippen molar-refractivity contribution < 1.29 is 28.6 Å². The normalized spacial score (nSPS) is 25.2. The largest absolute Gasteiger partial charge is 0.466 e. The summed E-state index contributed by atoms with van der Waals surface area (Å²) in [6.45, 7) is 6.53. The molecule has 2 aliphatic rings. The number of methoxy groups -OCH3 is 1. The molecule has 45 heavy (non-hydrogen) atoms. The molecule has 0 radical (unpaired) electrons. The number of benzene rings is 1. The number of amides is 2. The van der Waals surface area contributed by atoms with Crippen LogP contribution in [0.5, 0.6) is 0 Å². The molecule has 2 aliphatic carbocycles. The molecule has 0 saturated heterocycles. The highest BCUT2D eigenvalue weighted by Crippen LogP contribution is 2.52. The Morgan fingerprint density at radius 3 is 2.69 bits per heavy atom. The summed E-state index contributed by atoms with van der Waals surface area (Å²) in [5.41, 5.74) is -0.0266. The predicted molar refractivity (Wildman–Crippen MR) is 171 cm³/mol. The van der Waals surface area contributed by atoms with Crippen molar-refractivity contribution in [3.63, 3.8) is 0 Å². The third-order valence-electron chi connectivity index (χ3n) is 9.25. The van der Waals surface area contributed by atoms with Crippen molar-refractivity contribution in [3.05, 3.63) is 76.4 Å². The monoisotopic (exact) mass is 617 g/mol. The average molecular weight is 618 g/mol. The smallest absolute Gasteiger partial charge is 0.330 e. The van der Waals surface area contributed by atoms with E-state index >= 15 is 0 Å². The maximum absolute atomic E-state index is 13.6. The second kappa shape index (κ2) is 13.0. The quantitative estimate of drug-likeness (QED) is 0.212. The molecule has 0 aliphatic heterocycles. The Hall–Kier alpha value is -4.18. The van der Waals surface area contributed by atoms with Crippen LogP contribution in [0.2, 0.25) is 0 Å². The summed E-state index contributed by atoms with van der Waals surface area (Å²) in [4.78, 5) is 52.0. The number of aryl methyl sites for hydroxylation is 1. The lowest BCUT2D eigenvalue weighted by molar-refractivity contribution is -0.134. The molecular formula is C35H43N3O7. The number of hydrogen-bond donors (Lipinski definition) is 3. The van der Waals surface area contributed by atoms with Gasteiger partial charge in [0.15, 0.2) is 5.76 Å². The number of carbonyl (C=O) groups excluding carboxylic acids is 3. The van der Waals surface area contributed by atoms with E-state index in [1.54, 1.807) is 42.0 Å². The fourth-order valence-electron chi connectivity index (χ4n) is 7.77. The van der Waals surface area contributed by atoms with E-state index in [1.165, 1.54) is 13.2 Å². The van der Waals surface area contributed by atoms with Crippen molar-refractivity contribution in [1.82, 2.24) is 9.88 Å². The first-order valence-electron chi connectivity index (χ1n) is 15.6. The number of anilines is 1. The molecule has 2 fully saturated rings. The zero-order chi connectivity index (χ0) is 32.4. The fourth-order valence-corrected chi connectivity index (χ4v) is 7.77. The molecule has 5 rings (SSSR count). The number of aliphatic hydroxyl groups is 1. The van der Waals surface area contributed by atoms with Crippen LogP contribution in [-0.2, 0) is 20.9 Å². The number of nitrogens with one attached hydrogen (secondary N) is 2. The molecule has 5 atom stereocenters. The second-order valence-corrected chi connectivity index (χ2v) is 13.5. The molecule has 3 N–H and O–H groups in total. The van der Waals surface area contributed by atoms with Crippen LogP contribution >= 0.6 is 0 Å². The highest BCUT2D eigenvalue weighted by atomic mass is 16.5. The van der Waals surface area contributed by atoms with Gasteiger partial charge in [0, 0.05) is 29.8 Å². The molecular weight excluding hydrogens is 574 g/mol. The van der Waals surface area contributed by atoms with Crippen LogP contribution in [0.15, 0.2) is 64.0 Å². The van der Waals surface area contributed by atoms with Crippen LogP contribution in [0.3, 0.4) is 0 Å². The summed E-state index contributed by atoms with van der Waals surface area (Å²) in [6, 6.07) is 9.51. The number of ether oxygens (including phenoxy) is 1. The molecule has 3 aromatic rings. The van der Waals surface area contributed by atoms with Gasteiger partial charge in [0.2, 0.25) is 5.91 Å². The minimum atomic E-state index is -1.04. The number of pyridine rings is 1. The summed E-state index contributed by atoms with van der Waals surface area (Å²) in [5.74, 6) is -0.652. The lowest BCUT2D eigenvalue weighted by atomic mass is 9.57. The molecule has 240 valence electrons. The molecule has 2 heterocycles. The Morgan fingerprint density at radius 2 is 1.96 bits per heavy atom. The topological polar surface area (TPSA) is 140 Å². The summed E-state index contributed by atoms with van der Waals surface area (Å²) >= 11 is 0. The predicted octanol–water partition coefficient (Wildman–Crippen LogP) is 5.12. The van der Waals surface area contributed by atoms with Gasteiger partial charge >= 0.3 is 5.97 Å². The summed E-state index contributed by atoms with van der Waals surface area (Å²) in [7, 11) is 1.27. The van der Waals surface area contributed by atoms with Gasteiger partial charge in [-0.25, -0.2) is 4.79 Å². The lowest BCUT2D eigenvalue weighted by Crippen LogP contribution is -2.50. The van der Waals surface area contributed by atoms with E-state index in [1.807, 2.05) is 18.2 Å². The molecule has 2 saturated carbocycles. The zero-order valence-corrected chi connectivity index (χ0v) is 26.4. The van der Waals surface area contributed by atoms with Gasteiger partial charge in [-0.2, -0.15) is 0 Å². The summed E-state index contributed by atoms with van der Waals surface area (Å²) in [6.07, 6.45) is 9.19. The van der Waals surface area contributed by atoms with Crippen LogP contribution in [-0.4, -0.2) is 46.2 Å². The Labute approximate surface area is 262 Å². The number of esters is 1. The Morgan fingerprint density at radius 1 is 1.18 bits per heavy atom. The van der Waals surface area contributed by atoms with Gasteiger partial charge in [-0.15, -0.1) is 0 Å². The van der Waals surface area contributed by atoms with E-state index < -0.39 is 29.4 Å². The van der Waals surface area contributed by atoms with E-state index in [4.69, 9.17) is 4.42 Å². The van der Waals surface area contributed by atoms with Crippen molar-refractivity contribution >= 4 is 34.4 Å². The number of hydrogen-bond acceptors (Lipinski definition) is 7. The highest BCUT2D eigenvalue weighted by molar-refractivity contribution is 6.03. The fraction of sp³-hybridized carbons (Fsp3) is 0.486. The first-order chi connectivity index (χ1) is 21.4. The maximum atomic E-state index is 13.6. The van der Waals surface area contributed by atoms with E-state index in [0.29, 0.717) is 35.9 Å². The van der Waals surface area contributed by atoms with Gasteiger partial charge in [0.05, 0.1) is 12.7 Å². The first-order valence-corrected chi connectivity index (χ1v) is 15.6. The molecule has 2 amide bonds. The van der Waals surface area contributed by atoms with Crippen LogP contribution in [0, 0.1) is 24.2 Å². The number of para-hydroxylation sites is 1. The molecule has 10 nitrogen and oxygen atoms in total. The van der Waals surface area contributed by atoms with E-state index in [0.717, 1.165) is 31.1 Å². The Kier molecular flexibility index (Phi) is 9.34. The first kappa shape index (κ1) is 32.2. The molecule has 10 heteroatoms. The number of carbonyl (C=O) groups is 3. The van der Waals surface area contributed by atoms with Gasteiger partial charge in [0.25, 0.3) is 11.5 Å². The van der Waals surface area contributed by atoms with Gasteiger partial charge < -0.3 is 29.5 Å². The number of rotatable bonds is 10. The third-order valence-corrected chi connectivity index (χ3v) is 9.25. The minimum Gasteiger partial charge on any atom is -0.466 e. The van der Waals surface area contributed by atoms with Crippen LogP contribution in [0.4, 0.5) is 5.69 Å². The summed E-state index contributed by atoms with van der Waals surface area (Å²) in [5, 5.41) is 17.6. The SMILES string of the molecule is COC(=O)/C=C/CCC(NC(=O)c1oc2ccccc2c1C)C(=O)Nc1cccn(CC2(C)CC3CC(C)CC(O)(C3)C2)c1=O. The van der Waals surface area contributed by atoms with Crippen molar-refractivity contribution in [2.24, 2.45) is 17.3 Å².